The lowest BCUT2D eigenvalue weighted by atomic mass is 10.0. The number of carboxylic acids is 1. The minimum absolute atomic E-state index is 0.0213. The number of amides is 1. The molecule has 1 aliphatic heterocycles. The van der Waals surface area contributed by atoms with Gasteiger partial charge < -0.3 is 25.0 Å². The second kappa shape index (κ2) is 16.3. The predicted octanol–water partition coefficient (Wildman–Crippen LogP) is 5.14. The van der Waals surface area contributed by atoms with Gasteiger partial charge in [0.25, 0.3) is 0 Å². The van der Waals surface area contributed by atoms with Crippen molar-refractivity contribution in [3.8, 4) is 5.69 Å². The van der Waals surface area contributed by atoms with Crippen LogP contribution in [0.2, 0.25) is 0 Å². The van der Waals surface area contributed by atoms with Gasteiger partial charge in [-0.15, -0.1) is 5.10 Å². The number of aliphatic carboxylic acids is 1. The van der Waals surface area contributed by atoms with Crippen LogP contribution in [-0.2, 0) is 32.2 Å². The fourth-order valence-corrected chi connectivity index (χ4v) is 5.92. The van der Waals surface area contributed by atoms with E-state index in [4.69, 9.17) is 14.6 Å². The summed E-state index contributed by atoms with van der Waals surface area (Å²) in [5.74, 6) is -0.254. The van der Waals surface area contributed by atoms with Crippen LogP contribution in [0.25, 0.3) is 5.69 Å². The zero-order valence-electron chi connectivity index (χ0n) is 24.8. The van der Waals surface area contributed by atoms with Crippen LogP contribution in [0.15, 0.2) is 84.0 Å². The van der Waals surface area contributed by atoms with Crippen LogP contribution in [0.5, 0.6) is 0 Å². The van der Waals surface area contributed by atoms with Crippen molar-refractivity contribution in [3.05, 3.63) is 101 Å². The molecular weight excluding hydrogens is 594 g/mol. The van der Waals surface area contributed by atoms with Gasteiger partial charge in [-0.1, -0.05) is 84.9 Å². The zero-order chi connectivity index (χ0) is 31.4. The maximum Gasteiger partial charge on any atom is 0.303 e. The van der Waals surface area contributed by atoms with E-state index < -0.39 is 12.3 Å². The summed E-state index contributed by atoms with van der Waals surface area (Å²) < 4.78 is 14.6. The molecule has 0 radical (unpaired) electrons. The molecule has 3 atom stereocenters. The van der Waals surface area contributed by atoms with E-state index in [-0.39, 0.29) is 31.1 Å². The van der Waals surface area contributed by atoms with Crippen LogP contribution in [0.3, 0.4) is 0 Å². The number of nitrogens with one attached hydrogen (secondary N) is 1. The van der Waals surface area contributed by atoms with E-state index in [9.17, 15) is 14.7 Å². The van der Waals surface area contributed by atoms with Crippen molar-refractivity contribution >= 4 is 23.6 Å². The van der Waals surface area contributed by atoms with Crippen LogP contribution in [0.1, 0.15) is 73.2 Å². The average molecular weight is 632 g/mol. The molecule has 0 aliphatic carbocycles. The second-order valence-electron chi connectivity index (χ2n) is 10.8. The van der Waals surface area contributed by atoms with Crippen molar-refractivity contribution in [1.29, 1.82) is 0 Å². The van der Waals surface area contributed by atoms with Gasteiger partial charge in [-0.2, -0.15) is 4.68 Å². The number of para-hydroxylation sites is 1. The van der Waals surface area contributed by atoms with E-state index in [0.29, 0.717) is 49.6 Å². The number of aliphatic hydroxyl groups excluding tert-OH is 1. The van der Waals surface area contributed by atoms with E-state index in [0.717, 1.165) is 27.9 Å². The maximum atomic E-state index is 12.2. The molecule has 1 amide bonds. The van der Waals surface area contributed by atoms with Gasteiger partial charge >= 0.3 is 5.97 Å². The summed E-state index contributed by atoms with van der Waals surface area (Å²) in [6.45, 7) is 0.377. The van der Waals surface area contributed by atoms with Gasteiger partial charge in [0.1, 0.15) is 0 Å². The quantitative estimate of drug-likeness (QED) is 0.119. The molecule has 1 aliphatic rings. The van der Waals surface area contributed by atoms with Gasteiger partial charge in [0.2, 0.25) is 11.1 Å². The Labute approximate surface area is 266 Å². The van der Waals surface area contributed by atoms with Crippen molar-refractivity contribution in [2.24, 2.45) is 0 Å². The molecule has 2 heterocycles. The summed E-state index contributed by atoms with van der Waals surface area (Å²) in [5, 5.41) is 34.1. The number of carbonyl (C=O) groups excluding carboxylic acids is 1. The smallest absolute Gasteiger partial charge is 0.303 e. The summed E-state index contributed by atoms with van der Waals surface area (Å²) in [6, 6.07) is 25.3. The van der Waals surface area contributed by atoms with Crippen molar-refractivity contribution in [2.45, 2.75) is 75.3 Å². The molecule has 1 saturated heterocycles. The highest BCUT2D eigenvalue weighted by Crippen LogP contribution is 2.39. The molecular formula is C33H37N5O6S. The number of benzene rings is 3. The summed E-state index contributed by atoms with van der Waals surface area (Å²) in [7, 11) is 0. The molecule has 4 aromatic rings. The van der Waals surface area contributed by atoms with Crippen LogP contribution < -0.4 is 5.32 Å². The predicted molar refractivity (Wildman–Crippen MR) is 167 cm³/mol. The number of rotatable bonds is 15. The third kappa shape index (κ3) is 9.44. The fraction of sp³-hybridized carbons (Fsp3) is 0.364. The first-order valence-electron chi connectivity index (χ1n) is 15.0. The molecule has 0 saturated carbocycles. The molecule has 1 fully saturated rings. The summed E-state index contributed by atoms with van der Waals surface area (Å²) in [5.41, 5.74) is 4.54. The Morgan fingerprint density at radius 1 is 0.889 bits per heavy atom. The SMILES string of the molecule is O=C(O)CCCCCC(=O)NCc1ccc(C2OC(CSc3nnnn3-c3ccccc3)CC(c3ccc(CO)cc3)O2)cc1. The Morgan fingerprint density at radius 2 is 1.60 bits per heavy atom. The molecule has 1 aromatic heterocycles. The highest BCUT2D eigenvalue weighted by Gasteiger charge is 2.32. The number of ether oxygens (including phenoxy) is 2. The van der Waals surface area contributed by atoms with Gasteiger partial charge in [-0.3, -0.25) is 9.59 Å². The van der Waals surface area contributed by atoms with Crippen molar-refractivity contribution < 1.29 is 29.3 Å². The number of unbranched alkanes of at least 4 members (excludes halogenated alkanes) is 2. The lowest BCUT2D eigenvalue weighted by Gasteiger charge is -2.36. The molecule has 12 heteroatoms. The van der Waals surface area contributed by atoms with E-state index >= 15 is 0 Å². The Morgan fingerprint density at radius 3 is 2.33 bits per heavy atom. The summed E-state index contributed by atoms with van der Waals surface area (Å²) >= 11 is 1.52. The number of tetrazole rings is 1. The fourth-order valence-electron chi connectivity index (χ4n) is 5.01. The highest BCUT2D eigenvalue weighted by atomic mass is 32.2. The number of aliphatic hydroxyl groups is 1. The van der Waals surface area contributed by atoms with Crippen molar-refractivity contribution in [3.63, 3.8) is 0 Å². The Balaban J connectivity index is 1.21. The Hall–Kier alpha value is -4.10. The maximum absolute atomic E-state index is 12.2. The topological polar surface area (TPSA) is 149 Å². The first-order chi connectivity index (χ1) is 22.0. The molecule has 3 N–H and O–H groups in total. The lowest BCUT2D eigenvalue weighted by molar-refractivity contribution is -0.245. The van der Waals surface area contributed by atoms with Crippen molar-refractivity contribution in [1.82, 2.24) is 25.5 Å². The normalized spacial score (nSPS) is 18.0. The van der Waals surface area contributed by atoms with Gasteiger partial charge in [0.05, 0.1) is 24.5 Å². The standard InChI is InChI=1S/C33H37N5O6S/c39-21-24-13-15-25(16-14-24)29-19-28(22-45-33-35-36-37-38(33)27-7-3-1-4-8-27)43-32(44-29)26-17-11-23(12-18-26)20-34-30(40)9-5-2-6-10-31(41)42/h1,3-4,7-8,11-18,28-29,32,39H,2,5-6,9-10,19-22H2,(H,34,40)(H,41,42). The van der Waals surface area contributed by atoms with Crippen molar-refractivity contribution in [2.75, 3.05) is 5.75 Å². The number of carbonyl (C=O) groups is 2. The van der Waals surface area contributed by atoms with Gasteiger partial charge in [0.15, 0.2) is 6.29 Å². The Kier molecular flexibility index (Phi) is 11.7. The van der Waals surface area contributed by atoms with Gasteiger partial charge in [-0.25, -0.2) is 0 Å². The molecule has 5 rings (SSSR count). The highest BCUT2D eigenvalue weighted by molar-refractivity contribution is 7.99. The molecule has 0 spiro atoms. The third-order valence-electron chi connectivity index (χ3n) is 7.49. The summed E-state index contributed by atoms with van der Waals surface area (Å²) in [6.07, 6.45) is 2.11. The number of carboxylic acid groups (broad SMARTS) is 1. The average Bonchev–Trinajstić information content (AvgIpc) is 3.55. The molecule has 45 heavy (non-hydrogen) atoms. The summed E-state index contributed by atoms with van der Waals surface area (Å²) in [4.78, 5) is 22.8. The third-order valence-corrected chi connectivity index (χ3v) is 8.54. The van der Waals surface area contributed by atoms with Crippen LogP contribution in [-0.4, -0.2) is 54.2 Å². The molecule has 0 bridgehead atoms. The van der Waals surface area contributed by atoms with Crippen LogP contribution in [0.4, 0.5) is 0 Å². The molecule has 3 unspecified atom stereocenters. The molecule has 11 nitrogen and oxygen atoms in total. The van der Waals surface area contributed by atoms with Crippen LogP contribution in [0, 0.1) is 0 Å². The molecule has 236 valence electrons. The van der Waals surface area contributed by atoms with E-state index in [2.05, 4.69) is 20.8 Å². The Bertz CT molecular complexity index is 1520. The number of hydrogen-bond donors (Lipinski definition) is 3. The van der Waals surface area contributed by atoms with E-state index in [1.165, 1.54) is 11.8 Å². The minimum Gasteiger partial charge on any atom is -0.481 e. The molecule has 3 aromatic carbocycles. The number of thioether (sulfide) groups is 1. The van der Waals surface area contributed by atoms with E-state index in [1.807, 2.05) is 78.9 Å². The lowest BCUT2D eigenvalue weighted by Crippen LogP contribution is -2.31. The first kappa shape index (κ1) is 32.3. The number of hydrogen-bond acceptors (Lipinski definition) is 9. The second-order valence-corrected chi connectivity index (χ2v) is 11.8. The van der Waals surface area contributed by atoms with Gasteiger partial charge in [0, 0.05) is 37.1 Å². The number of aromatic nitrogens is 4. The monoisotopic (exact) mass is 631 g/mol. The zero-order valence-corrected chi connectivity index (χ0v) is 25.6. The largest absolute Gasteiger partial charge is 0.481 e. The van der Waals surface area contributed by atoms with Crippen LogP contribution >= 0.6 is 11.8 Å². The van der Waals surface area contributed by atoms with Gasteiger partial charge in [-0.05, 0) is 52.1 Å². The minimum atomic E-state index is -0.810. The first-order valence-corrected chi connectivity index (χ1v) is 16.0. The number of nitrogens with zero attached hydrogens (tertiary/aromatic N) is 4. The van der Waals surface area contributed by atoms with E-state index in [1.54, 1.807) is 4.68 Å².